The number of aldehydes is 2. The van der Waals surface area contributed by atoms with Crippen LogP contribution in [-0.4, -0.2) is 60.6 Å². The lowest BCUT2D eigenvalue weighted by Crippen LogP contribution is -2.29. The first-order chi connectivity index (χ1) is 14.8. The van der Waals surface area contributed by atoms with Gasteiger partial charge in [0, 0.05) is 13.1 Å². The molecule has 160 valence electrons. The summed E-state index contributed by atoms with van der Waals surface area (Å²) in [6, 6.07) is 6.05. The second kappa shape index (κ2) is 9.52. The fourth-order valence-corrected chi connectivity index (χ4v) is 3.25. The van der Waals surface area contributed by atoms with E-state index in [1.165, 1.54) is 23.1 Å². The highest BCUT2D eigenvalue weighted by Crippen LogP contribution is 2.30. The molecule has 0 bridgehead atoms. The highest BCUT2D eigenvalue weighted by Gasteiger charge is 2.27. The lowest BCUT2D eigenvalue weighted by Gasteiger charge is -2.18. The van der Waals surface area contributed by atoms with Gasteiger partial charge in [-0.05, 0) is 31.5 Å². The summed E-state index contributed by atoms with van der Waals surface area (Å²) < 4.78 is 5.42. The van der Waals surface area contributed by atoms with Crippen LogP contribution in [0.5, 0.6) is 5.75 Å². The highest BCUT2D eigenvalue weighted by molar-refractivity contribution is 6.33. The lowest BCUT2D eigenvalue weighted by molar-refractivity contribution is -0.107. The molecular formula is C21H22BN3O6. The maximum Gasteiger partial charge on any atom is 0.257 e. The van der Waals surface area contributed by atoms with Crippen LogP contribution in [0.15, 0.2) is 40.1 Å². The molecule has 1 fully saturated rings. The number of β-amino-alcohol motifs (C(OH)–C–C–N with tert-alkyl or cyclic N) is 1. The number of allylic oxidation sites excluding steroid dienone is 2. The second-order valence-electron chi connectivity index (χ2n) is 7.16. The summed E-state index contributed by atoms with van der Waals surface area (Å²) in [7, 11) is 5.73. The number of benzene rings is 1. The van der Waals surface area contributed by atoms with Gasteiger partial charge in [-0.3, -0.25) is 14.4 Å². The van der Waals surface area contributed by atoms with Gasteiger partial charge in [-0.25, -0.2) is 0 Å². The third-order valence-electron chi connectivity index (χ3n) is 4.97. The molecule has 0 aliphatic carbocycles. The van der Waals surface area contributed by atoms with Gasteiger partial charge in [-0.2, -0.15) is 0 Å². The van der Waals surface area contributed by atoms with Crippen molar-refractivity contribution in [2.75, 3.05) is 18.4 Å². The maximum atomic E-state index is 12.7. The topological polar surface area (TPSA) is 132 Å². The van der Waals surface area contributed by atoms with E-state index in [1.807, 2.05) is 0 Å². The van der Waals surface area contributed by atoms with Crippen molar-refractivity contribution < 1.29 is 29.0 Å². The molecule has 1 atom stereocenters. The van der Waals surface area contributed by atoms with E-state index in [9.17, 15) is 24.6 Å². The molecule has 1 aliphatic heterocycles. The predicted octanol–water partition coefficient (Wildman–Crippen LogP) is 0.105. The average Bonchev–Trinajstić information content (AvgIpc) is 3.33. The zero-order valence-electron chi connectivity index (χ0n) is 16.9. The second-order valence-corrected chi connectivity index (χ2v) is 7.16. The number of aryl methyl sites for hydroxylation is 1. The van der Waals surface area contributed by atoms with Crippen molar-refractivity contribution in [2.45, 2.75) is 26.0 Å². The number of rotatable bonds is 8. The SMILES string of the molecule is [B]c1cc(CN/C(C=O)=C(/C=O)Nc2cccc(C(=O)N3CC[C@@H](O)C3)c2O)oc1C. The molecule has 2 radical (unpaired) electrons. The quantitative estimate of drug-likeness (QED) is 0.204. The Labute approximate surface area is 180 Å². The molecular weight excluding hydrogens is 401 g/mol. The summed E-state index contributed by atoms with van der Waals surface area (Å²) >= 11 is 0. The van der Waals surface area contributed by atoms with Crippen molar-refractivity contribution >= 4 is 37.5 Å². The predicted molar refractivity (Wildman–Crippen MR) is 113 cm³/mol. The van der Waals surface area contributed by atoms with Crippen LogP contribution in [0.25, 0.3) is 0 Å². The molecule has 0 spiro atoms. The number of phenols is 1. The maximum absolute atomic E-state index is 12.7. The molecule has 1 aromatic carbocycles. The van der Waals surface area contributed by atoms with E-state index in [0.717, 1.165) is 0 Å². The van der Waals surface area contributed by atoms with Gasteiger partial charge in [0.1, 0.15) is 25.0 Å². The number of aromatic hydroxyl groups is 1. The monoisotopic (exact) mass is 423 g/mol. The fraction of sp³-hybridized carbons (Fsp3) is 0.286. The number of aliphatic hydroxyl groups is 1. The number of amides is 1. The number of likely N-dealkylation sites (tertiary alicyclic amines) is 1. The number of anilines is 1. The van der Waals surface area contributed by atoms with Gasteiger partial charge in [-0.1, -0.05) is 11.5 Å². The number of carbonyl (C=O) groups excluding carboxylic acids is 3. The Hall–Kier alpha value is -3.53. The number of aliphatic hydroxyl groups excluding tert-OH is 1. The van der Waals surface area contributed by atoms with Gasteiger partial charge in [0.2, 0.25) is 0 Å². The number of nitrogens with one attached hydrogen (secondary N) is 2. The Morgan fingerprint density at radius 1 is 1.32 bits per heavy atom. The van der Waals surface area contributed by atoms with Crippen LogP contribution in [0.4, 0.5) is 5.69 Å². The fourth-order valence-electron chi connectivity index (χ4n) is 3.25. The van der Waals surface area contributed by atoms with Crippen molar-refractivity contribution in [1.82, 2.24) is 10.2 Å². The summed E-state index contributed by atoms with van der Waals surface area (Å²) in [4.78, 5) is 37.2. The Balaban J connectivity index is 1.80. The number of furan rings is 1. The summed E-state index contributed by atoms with van der Waals surface area (Å²) in [5.74, 6) is 0.212. The van der Waals surface area contributed by atoms with Crippen LogP contribution in [0.3, 0.4) is 0 Å². The third-order valence-corrected chi connectivity index (χ3v) is 4.97. The van der Waals surface area contributed by atoms with Gasteiger partial charge in [-0.15, -0.1) is 0 Å². The Morgan fingerprint density at radius 2 is 2.06 bits per heavy atom. The normalized spacial score (nSPS) is 16.6. The first kappa shape index (κ1) is 22.2. The number of para-hydroxylation sites is 1. The largest absolute Gasteiger partial charge is 0.505 e. The van der Waals surface area contributed by atoms with Gasteiger partial charge >= 0.3 is 0 Å². The molecule has 1 aromatic heterocycles. The van der Waals surface area contributed by atoms with Crippen molar-refractivity contribution in [1.29, 1.82) is 0 Å². The first-order valence-corrected chi connectivity index (χ1v) is 9.63. The summed E-state index contributed by atoms with van der Waals surface area (Å²) in [5.41, 5.74) is 0.363. The van der Waals surface area contributed by atoms with Crippen LogP contribution >= 0.6 is 0 Å². The molecule has 0 saturated carbocycles. The minimum Gasteiger partial charge on any atom is -0.505 e. The first-order valence-electron chi connectivity index (χ1n) is 9.63. The van der Waals surface area contributed by atoms with Crippen LogP contribution < -0.4 is 16.1 Å². The smallest absolute Gasteiger partial charge is 0.257 e. The Morgan fingerprint density at radius 3 is 2.65 bits per heavy atom. The van der Waals surface area contributed by atoms with E-state index in [2.05, 4.69) is 10.6 Å². The lowest BCUT2D eigenvalue weighted by atomic mass is 9.97. The van der Waals surface area contributed by atoms with E-state index in [4.69, 9.17) is 12.3 Å². The van der Waals surface area contributed by atoms with E-state index < -0.39 is 12.0 Å². The molecule has 1 saturated heterocycles. The molecule has 2 heterocycles. The van der Waals surface area contributed by atoms with Crippen molar-refractivity contribution in [3.8, 4) is 5.75 Å². The van der Waals surface area contributed by atoms with Crippen molar-refractivity contribution in [3.05, 3.63) is 52.7 Å². The molecule has 0 unspecified atom stereocenters. The molecule has 31 heavy (non-hydrogen) atoms. The summed E-state index contributed by atoms with van der Waals surface area (Å²) in [6.45, 7) is 2.37. The van der Waals surface area contributed by atoms with Crippen LogP contribution in [-0.2, 0) is 16.1 Å². The standard InChI is InChI=1S/C21H22BN3O6/c1-12-16(22)7-14(31-12)8-23-18(10-26)19(11-27)24-17-4-2-3-15(20(17)29)21(30)25-6-5-13(28)9-25/h2-4,7,10-11,13,23-24,28-29H,5-6,8-9H2,1H3/b19-18-/t13-/m1/s1. The van der Waals surface area contributed by atoms with E-state index in [1.54, 1.807) is 13.0 Å². The van der Waals surface area contributed by atoms with Gasteiger partial charge in [0.05, 0.1) is 29.7 Å². The molecule has 1 aliphatic rings. The Kier molecular flexibility index (Phi) is 6.81. The minimum atomic E-state index is -0.591. The number of hydrogen-bond acceptors (Lipinski definition) is 8. The van der Waals surface area contributed by atoms with Gasteiger partial charge in [0.25, 0.3) is 5.91 Å². The van der Waals surface area contributed by atoms with E-state index in [0.29, 0.717) is 42.5 Å². The molecule has 3 rings (SSSR count). The number of carbonyl (C=O) groups is 3. The van der Waals surface area contributed by atoms with Crippen LogP contribution in [0, 0.1) is 6.92 Å². The number of phenolic OH excluding ortho intramolecular Hbond substituents is 1. The van der Waals surface area contributed by atoms with E-state index >= 15 is 0 Å². The molecule has 10 heteroatoms. The molecule has 2 aromatic rings. The average molecular weight is 423 g/mol. The third kappa shape index (κ3) is 4.97. The highest BCUT2D eigenvalue weighted by atomic mass is 16.3. The molecule has 9 nitrogen and oxygen atoms in total. The van der Waals surface area contributed by atoms with E-state index in [-0.39, 0.29) is 41.5 Å². The summed E-state index contributed by atoms with van der Waals surface area (Å²) in [6.07, 6.45) is 0.751. The molecule has 4 N–H and O–H groups in total. The van der Waals surface area contributed by atoms with Crippen molar-refractivity contribution in [3.63, 3.8) is 0 Å². The number of hydrogen-bond donors (Lipinski definition) is 4. The number of nitrogens with zero attached hydrogens (tertiary/aromatic N) is 1. The van der Waals surface area contributed by atoms with Gasteiger partial charge < -0.3 is 30.2 Å². The zero-order valence-corrected chi connectivity index (χ0v) is 16.9. The summed E-state index contributed by atoms with van der Waals surface area (Å²) in [5, 5.41) is 25.7. The van der Waals surface area contributed by atoms with Gasteiger partial charge in [0.15, 0.2) is 18.3 Å². The van der Waals surface area contributed by atoms with Crippen LogP contribution in [0.1, 0.15) is 28.3 Å². The Bertz CT molecular complexity index is 1010. The van der Waals surface area contributed by atoms with Crippen LogP contribution in [0.2, 0.25) is 0 Å². The zero-order chi connectivity index (χ0) is 22.5. The van der Waals surface area contributed by atoms with Crippen molar-refractivity contribution in [2.24, 2.45) is 0 Å². The molecule has 1 amide bonds. The minimum absolute atomic E-state index is 0.0199.